The highest BCUT2D eigenvalue weighted by atomic mass is 19.4. The fraction of sp³-hybridized carbons (Fsp3) is 0.250. The number of ether oxygens (including phenoxy) is 4. The van der Waals surface area contributed by atoms with Crippen molar-refractivity contribution < 1.29 is 46.4 Å². The van der Waals surface area contributed by atoms with Crippen molar-refractivity contribution in [2.45, 2.75) is 18.8 Å². The average Bonchev–Trinajstić information content (AvgIpc) is 3.33. The van der Waals surface area contributed by atoms with Gasteiger partial charge in [0.15, 0.2) is 5.78 Å². The van der Waals surface area contributed by atoms with E-state index < -0.39 is 29.3 Å². The molecule has 1 atom stereocenters. The third-order valence-corrected chi connectivity index (χ3v) is 6.16. The monoisotopic (exact) mass is 562 g/mol. The molecule has 0 spiro atoms. The Labute approximate surface area is 226 Å². The number of Topliss-reactive ketones (excluding diaryl/α,β-unsaturated/α-hetero) is 1. The van der Waals surface area contributed by atoms with Gasteiger partial charge in [0.2, 0.25) is 0 Å². The van der Waals surface area contributed by atoms with Crippen LogP contribution >= 0.6 is 0 Å². The number of hydrogen-bond donors (Lipinski definition) is 3. The molecule has 1 aromatic heterocycles. The van der Waals surface area contributed by atoms with E-state index in [0.29, 0.717) is 22.7 Å². The first kappa shape index (κ1) is 28.6. The minimum Gasteiger partial charge on any atom is -0.497 e. The van der Waals surface area contributed by atoms with Gasteiger partial charge >= 0.3 is 6.36 Å². The van der Waals surface area contributed by atoms with Gasteiger partial charge in [-0.1, -0.05) is 0 Å². The van der Waals surface area contributed by atoms with Crippen LogP contribution < -0.4 is 24.3 Å². The summed E-state index contributed by atoms with van der Waals surface area (Å²) in [6.07, 6.45) is -3.55. The average molecular weight is 563 g/mol. The second kappa shape index (κ2) is 11.3. The Morgan fingerprint density at radius 1 is 0.975 bits per heavy atom. The number of hydrogen-bond acceptors (Lipinski definition) is 7. The van der Waals surface area contributed by atoms with Crippen LogP contribution in [-0.2, 0) is 5.54 Å². The fourth-order valence-corrected chi connectivity index (χ4v) is 4.38. The van der Waals surface area contributed by atoms with Crippen LogP contribution in [0, 0.1) is 5.82 Å². The van der Waals surface area contributed by atoms with Crippen molar-refractivity contribution >= 4 is 22.4 Å². The maximum absolute atomic E-state index is 14.3. The van der Waals surface area contributed by atoms with Gasteiger partial charge in [0.05, 0.1) is 20.8 Å². The summed E-state index contributed by atoms with van der Waals surface area (Å²) in [6.45, 7) is 1.31. The summed E-state index contributed by atoms with van der Waals surface area (Å²) in [5.74, 6) is -0.909. The highest BCUT2D eigenvalue weighted by Gasteiger charge is 2.40. The number of aromatic nitrogens is 1. The zero-order valence-corrected chi connectivity index (χ0v) is 21.7. The topological polar surface area (TPSA) is 102 Å². The number of ketones is 1. The summed E-state index contributed by atoms with van der Waals surface area (Å²) in [5, 5.41) is 12.5. The van der Waals surface area contributed by atoms with Crippen molar-refractivity contribution in [2.24, 2.45) is 0 Å². The zero-order valence-electron chi connectivity index (χ0n) is 21.7. The lowest BCUT2D eigenvalue weighted by Gasteiger charge is -2.32. The van der Waals surface area contributed by atoms with Crippen LogP contribution in [0.3, 0.4) is 0 Å². The molecule has 0 aliphatic rings. The molecule has 0 radical (unpaired) electrons. The number of benzene rings is 3. The SMILES string of the molecule is COc1cc(N[C@@](C)(C(=O)c2c[nH]c3ccc(OC(F)(F)F)cc23)c2ccc(F)cc2OC)cc(OCCO)c1. The molecule has 0 bridgehead atoms. The van der Waals surface area contributed by atoms with Crippen molar-refractivity contribution in [1.29, 1.82) is 0 Å². The Kier molecular flexibility index (Phi) is 8.10. The second-order valence-corrected chi connectivity index (χ2v) is 8.85. The molecule has 0 fully saturated rings. The molecule has 1 heterocycles. The Balaban J connectivity index is 1.87. The Bertz CT molecular complexity index is 1520. The highest BCUT2D eigenvalue weighted by Crippen LogP contribution is 2.40. The van der Waals surface area contributed by atoms with E-state index in [2.05, 4.69) is 15.0 Å². The summed E-state index contributed by atoms with van der Waals surface area (Å²) >= 11 is 0. The molecule has 0 unspecified atom stereocenters. The standard InChI is InChI=1S/C28H26F4N2O6/c1-27(23-6-4-16(29)10-25(23)38-3,34-17-11-19(37-2)13-20(12-17)39-9-8-35)26(36)22-15-33-24-7-5-18(14-21(22)24)40-28(30,31)32/h4-7,10-15,33-35H,8-9H2,1-3H3/t27-/m1/s1. The molecule has 3 aromatic carbocycles. The maximum Gasteiger partial charge on any atom is 0.573 e. The fourth-order valence-electron chi connectivity index (χ4n) is 4.38. The number of aromatic amines is 1. The normalized spacial score (nSPS) is 13.0. The van der Waals surface area contributed by atoms with Crippen molar-refractivity contribution in [3.8, 4) is 23.0 Å². The number of carbonyl (C=O) groups excluding carboxylic acids is 1. The number of anilines is 1. The van der Waals surface area contributed by atoms with Crippen molar-refractivity contribution in [2.75, 3.05) is 32.8 Å². The lowest BCUT2D eigenvalue weighted by Crippen LogP contribution is -2.41. The third-order valence-electron chi connectivity index (χ3n) is 6.16. The number of halogens is 4. The lowest BCUT2D eigenvalue weighted by atomic mass is 9.83. The number of aliphatic hydroxyl groups excluding tert-OH is 1. The van der Waals surface area contributed by atoms with Crippen LogP contribution in [-0.4, -0.2) is 49.7 Å². The molecule has 0 saturated heterocycles. The van der Waals surface area contributed by atoms with E-state index in [1.165, 1.54) is 39.5 Å². The van der Waals surface area contributed by atoms with Gasteiger partial charge in [0.1, 0.15) is 41.0 Å². The van der Waals surface area contributed by atoms with Crippen LogP contribution in [0.25, 0.3) is 10.9 Å². The zero-order chi connectivity index (χ0) is 29.1. The van der Waals surface area contributed by atoms with Gasteiger partial charge in [0, 0.05) is 58.2 Å². The molecule has 0 saturated carbocycles. The summed E-state index contributed by atoms with van der Waals surface area (Å²) in [5.41, 5.74) is -0.610. The van der Waals surface area contributed by atoms with E-state index in [4.69, 9.17) is 19.3 Å². The molecule has 12 heteroatoms. The molecular formula is C28H26F4N2O6. The molecule has 0 aliphatic heterocycles. The van der Waals surface area contributed by atoms with E-state index in [-0.39, 0.29) is 35.5 Å². The van der Waals surface area contributed by atoms with Crippen LogP contribution in [0.5, 0.6) is 23.0 Å². The summed E-state index contributed by atoms with van der Waals surface area (Å²) in [6, 6.07) is 12.0. The maximum atomic E-state index is 14.3. The third kappa shape index (κ3) is 6.07. The minimum atomic E-state index is -4.92. The smallest absolute Gasteiger partial charge is 0.497 e. The molecular weight excluding hydrogens is 536 g/mol. The number of carbonyl (C=O) groups is 1. The van der Waals surface area contributed by atoms with Crippen LogP contribution in [0.2, 0.25) is 0 Å². The van der Waals surface area contributed by atoms with Crippen LogP contribution in [0.4, 0.5) is 23.2 Å². The van der Waals surface area contributed by atoms with Crippen molar-refractivity contribution in [3.05, 3.63) is 77.7 Å². The molecule has 0 aliphatic carbocycles. The summed E-state index contributed by atoms with van der Waals surface area (Å²) in [4.78, 5) is 17.2. The molecule has 4 rings (SSSR count). The van der Waals surface area contributed by atoms with Crippen molar-refractivity contribution in [1.82, 2.24) is 4.98 Å². The number of fused-ring (bicyclic) bond motifs is 1. The molecule has 212 valence electrons. The van der Waals surface area contributed by atoms with Gasteiger partial charge in [-0.05, 0) is 37.3 Å². The number of H-pyrrole nitrogens is 1. The van der Waals surface area contributed by atoms with Gasteiger partial charge in [0.25, 0.3) is 0 Å². The first-order valence-corrected chi connectivity index (χ1v) is 11.9. The van der Waals surface area contributed by atoms with Crippen LogP contribution in [0.15, 0.2) is 60.8 Å². The largest absolute Gasteiger partial charge is 0.573 e. The van der Waals surface area contributed by atoms with Gasteiger partial charge in [-0.25, -0.2) is 4.39 Å². The van der Waals surface area contributed by atoms with Crippen LogP contribution in [0.1, 0.15) is 22.8 Å². The van der Waals surface area contributed by atoms with Gasteiger partial charge in [-0.15, -0.1) is 13.2 Å². The van der Waals surface area contributed by atoms with Gasteiger partial charge in [-0.2, -0.15) is 0 Å². The Morgan fingerprint density at radius 3 is 2.40 bits per heavy atom. The lowest BCUT2D eigenvalue weighted by molar-refractivity contribution is -0.274. The van der Waals surface area contributed by atoms with E-state index in [0.717, 1.165) is 24.3 Å². The van der Waals surface area contributed by atoms with E-state index in [1.807, 2.05) is 0 Å². The number of nitrogens with one attached hydrogen (secondary N) is 2. The van der Waals surface area contributed by atoms with E-state index >= 15 is 0 Å². The number of methoxy groups -OCH3 is 2. The first-order chi connectivity index (χ1) is 19.0. The molecule has 4 aromatic rings. The number of rotatable bonds is 11. The van der Waals surface area contributed by atoms with Crippen molar-refractivity contribution in [3.63, 3.8) is 0 Å². The highest BCUT2D eigenvalue weighted by molar-refractivity contribution is 6.14. The molecule has 3 N–H and O–H groups in total. The second-order valence-electron chi connectivity index (χ2n) is 8.85. The Hall–Kier alpha value is -4.45. The number of alkyl halides is 3. The predicted molar refractivity (Wildman–Crippen MR) is 139 cm³/mol. The minimum absolute atomic E-state index is 0.00621. The summed E-state index contributed by atoms with van der Waals surface area (Å²) < 4.78 is 73.1. The first-order valence-electron chi connectivity index (χ1n) is 11.9. The summed E-state index contributed by atoms with van der Waals surface area (Å²) in [7, 11) is 2.76. The van der Waals surface area contributed by atoms with Gasteiger partial charge < -0.3 is 34.4 Å². The Morgan fingerprint density at radius 2 is 1.73 bits per heavy atom. The van der Waals surface area contributed by atoms with Gasteiger partial charge in [-0.3, -0.25) is 4.79 Å². The molecule has 40 heavy (non-hydrogen) atoms. The van der Waals surface area contributed by atoms with E-state index in [9.17, 15) is 22.4 Å². The predicted octanol–water partition coefficient (Wildman–Crippen LogP) is 5.80. The molecule has 8 nitrogen and oxygen atoms in total. The quantitative estimate of drug-likeness (QED) is 0.157. The number of aliphatic hydroxyl groups is 1. The van der Waals surface area contributed by atoms with E-state index in [1.54, 1.807) is 18.2 Å². The molecule has 0 amide bonds.